The third-order valence-corrected chi connectivity index (χ3v) is 6.40. The van der Waals surface area contributed by atoms with Crippen LogP contribution < -0.4 is 0 Å². The van der Waals surface area contributed by atoms with Crippen LogP contribution >= 0.6 is 0 Å². The van der Waals surface area contributed by atoms with Crippen LogP contribution in [0.2, 0.25) is 0 Å². The first kappa shape index (κ1) is 17.4. The number of hydrogen-bond donors (Lipinski definition) is 0. The Hall–Kier alpha value is -4.30. The lowest BCUT2D eigenvalue weighted by Gasteiger charge is -2.10. The maximum atomic E-state index is 6.45. The van der Waals surface area contributed by atoms with Gasteiger partial charge in [0.05, 0.1) is 10.9 Å². The Morgan fingerprint density at radius 1 is 0.531 bits per heavy atom. The standard InChI is InChI=1S/C30H19NO/c1-2-8-20(9-3-1)21-14-17-23(18-15-21)31-26-13-7-6-12-25(26)30-29(31)28-24-11-5-4-10-22(24)16-19-27(28)32-30/h1-19H. The Kier molecular flexibility index (Phi) is 3.58. The molecular weight excluding hydrogens is 390 g/mol. The summed E-state index contributed by atoms with van der Waals surface area (Å²) in [6.07, 6.45) is 0. The van der Waals surface area contributed by atoms with Crippen LogP contribution in [-0.2, 0) is 0 Å². The highest BCUT2D eigenvalue weighted by molar-refractivity contribution is 6.23. The van der Waals surface area contributed by atoms with Gasteiger partial charge in [-0.25, -0.2) is 0 Å². The highest BCUT2D eigenvalue weighted by atomic mass is 16.3. The van der Waals surface area contributed by atoms with E-state index in [4.69, 9.17) is 4.42 Å². The largest absolute Gasteiger partial charge is 0.454 e. The van der Waals surface area contributed by atoms with Crippen LogP contribution in [0.15, 0.2) is 120 Å². The van der Waals surface area contributed by atoms with Crippen LogP contribution in [0.1, 0.15) is 0 Å². The third kappa shape index (κ3) is 2.41. The molecule has 32 heavy (non-hydrogen) atoms. The summed E-state index contributed by atoms with van der Waals surface area (Å²) < 4.78 is 8.79. The maximum Gasteiger partial charge on any atom is 0.161 e. The molecule has 7 aromatic rings. The van der Waals surface area contributed by atoms with Crippen molar-refractivity contribution in [2.24, 2.45) is 0 Å². The second-order valence-electron chi connectivity index (χ2n) is 8.21. The Bertz CT molecular complexity index is 1750. The molecule has 2 heteroatoms. The van der Waals surface area contributed by atoms with Crippen LogP contribution in [0.3, 0.4) is 0 Å². The predicted molar refractivity (Wildman–Crippen MR) is 133 cm³/mol. The van der Waals surface area contributed by atoms with E-state index in [0.29, 0.717) is 0 Å². The first-order valence-corrected chi connectivity index (χ1v) is 10.9. The average Bonchev–Trinajstić information content (AvgIpc) is 3.39. The number of furan rings is 1. The van der Waals surface area contributed by atoms with Gasteiger partial charge in [-0.2, -0.15) is 0 Å². The molecule has 2 aromatic heterocycles. The van der Waals surface area contributed by atoms with E-state index < -0.39 is 0 Å². The Morgan fingerprint density at radius 2 is 1.22 bits per heavy atom. The summed E-state index contributed by atoms with van der Waals surface area (Å²) in [5.74, 6) is 0. The van der Waals surface area contributed by atoms with E-state index in [0.717, 1.165) is 33.3 Å². The Morgan fingerprint density at radius 3 is 2.06 bits per heavy atom. The van der Waals surface area contributed by atoms with Gasteiger partial charge in [0.2, 0.25) is 0 Å². The molecule has 2 nitrogen and oxygen atoms in total. The summed E-state index contributed by atoms with van der Waals surface area (Å²) in [4.78, 5) is 0. The highest BCUT2D eigenvalue weighted by Gasteiger charge is 2.20. The normalized spacial score (nSPS) is 11.8. The smallest absolute Gasteiger partial charge is 0.161 e. The molecule has 0 fully saturated rings. The second kappa shape index (κ2) is 6.60. The first-order valence-electron chi connectivity index (χ1n) is 10.9. The van der Waals surface area contributed by atoms with Crippen molar-refractivity contribution in [2.75, 3.05) is 0 Å². The average molecular weight is 409 g/mol. The highest BCUT2D eigenvalue weighted by Crippen LogP contribution is 2.41. The zero-order valence-corrected chi connectivity index (χ0v) is 17.3. The molecule has 2 heterocycles. The molecule has 0 spiro atoms. The summed E-state index contributed by atoms with van der Waals surface area (Å²) in [6, 6.07) is 40.6. The van der Waals surface area contributed by atoms with E-state index >= 15 is 0 Å². The van der Waals surface area contributed by atoms with Gasteiger partial charge in [0.15, 0.2) is 5.58 Å². The molecule has 0 N–H and O–H groups in total. The van der Waals surface area contributed by atoms with Gasteiger partial charge in [-0.1, -0.05) is 84.9 Å². The molecule has 0 unspecified atom stereocenters. The van der Waals surface area contributed by atoms with Crippen molar-refractivity contribution >= 4 is 43.7 Å². The summed E-state index contributed by atoms with van der Waals surface area (Å²) in [6.45, 7) is 0. The summed E-state index contributed by atoms with van der Waals surface area (Å²) in [7, 11) is 0. The molecule has 0 radical (unpaired) electrons. The SMILES string of the molecule is c1ccc(-c2ccc(-n3c4ccccc4c4oc5ccc6ccccc6c5c43)cc2)cc1. The quantitative estimate of drug-likeness (QED) is 0.280. The number of nitrogens with zero attached hydrogens (tertiary/aromatic N) is 1. The molecule has 0 saturated carbocycles. The fraction of sp³-hybridized carbons (Fsp3) is 0. The molecule has 0 amide bonds. The molecule has 7 rings (SSSR count). The molecule has 0 aliphatic heterocycles. The topological polar surface area (TPSA) is 18.1 Å². The minimum atomic E-state index is 0.925. The summed E-state index contributed by atoms with van der Waals surface area (Å²) in [5, 5.41) is 4.74. The van der Waals surface area contributed by atoms with E-state index in [1.807, 2.05) is 0 Å². The molecule has 0 aliphatic carbocycles. The van der Waals surface area contributed by atoms with Gasteiger partial charge in [0.1, 0.15) is 11.1 Å². The molecule has 150 valence electrons. The van der Waals surface area contributed by atoms with Crippen LogP contribution in [-0.4, -0.2) is 4.57 Å². The van der Waals surface area contributed by atoms with Gasteiger partial charge in [-0.05, 0) is 52.2 Å². The number of benzene rings is 5. The van der Waals surface area contributed by atoms with Gasteiger partial charge in [0, 0.05) is 11.1 Å². The van der Waals surface area contributed by atoms with Crippen molar-refractivity contribution in [3.8, 4) is 16.8 Å². The lowest BCUT2D eigenvalue weighted by Crippen LogP contribution is -1.94. The van der Waals surface area contributed by atoms with Crippen LogP contribution in [0.4, 0.5) is 0 Å². The van der Waals surface area contributed by atoms with Gasteiger partial charge >= 0.3 is 0 Å². The van der Waals surface area contributed by atoms with Gasteiger partial charge in [-0.3, -0.25) is 0 Å². The van der Waals surface area contributed by atoms with Crippen LogP contribution in [0.25, 0.3) is 60.6 Å². The lowest BCUT2D eigenvalue weighted by atomic mass is 10.1. The predicted octanol–water partition coefficient (Wildman–Crippen LogP) is 8.35. The van der Waals surface area contributed by atoms with Crippen molar-refractivity contribution in [3.63, 3.8) is 0 Å². The monoisotopic (exact) mass is 409 g/mol. The van der Waals surface area contributed by atoms with Crippen LogP contribution in [0.5, 0.6) is 0 Å². The maximum absolute atomic E-state index is 6.45. The second-order valence-corrected chi connectivity index (χ2v) is 8.21. The van der Waals surface area contributed by atoms with E-state index in [-0.39, 0.29) is 0 Å². The third-order valence-electron chi connectivity index (χ3n) is 6.40. The van der Waals surface area contributed by atoms with Gasteiger partial charge < -0.3 is 8.98 Å². The number of para-hydroxylation sites is 1. The molecule has 0 atom stereocenters. The summed E-state index contributed by atoms with van der Waals surface area (Å²) in [5.41, 5.74) is 7.72. The zero-order valence-electron chi connectivity index (χ0n) is 17.3. The molecule has 0 saturated heterocycles. The molecule has 5 aromatic carbocycles. The van der Waals surface area contributed by atoms with Crippen molar-refractivity contribution in [3.05, 3.63) is 115 Å². The number of hydrogen-bond acceptors (Lipinski definition) is 1. The van der Waals surface area contributed by atoms with E-state index in [9.17, 15) is 0 Å². The van der Waals surface area contributed by atoms with Gasteiger partial charge in [0.25, 0.3) is 0 Å². The van der Waals surface area contributed by atoms with E-state index in [1.54, 1.807) is 0 Å². The molecule has 0 bridgehead atoms. The molecular formula is C30H19NO. The zero-order chi connectivity index (χ0) is 21.1. The fourth-order valence-corrected chi connectivity index (χ4v) is 4.93. The number of aromatic nitrogens is 1. The van der Waals surface area contributed by atoms with Crippen molar-refractivity contribution < 1.29 is 4.42 Å². The van der Waals surface area contributed by atoms with E-state index in [2.05, 4.69) is 120 Å². The summed E-state index contributed by atoms with van der Waals surface area (Å²) >= 11 is 0. The fourth-order valence-electron chi connectivity index (χ4n) is 4.93. The Labute approximate surface area is 184 Å². The minimum Gasteiger partial charge on any atom is -0.454 e. The van der Waals surface area contributed by atoms with Gasteiger partial charge in [-0.15, -0.1) is 0 Å². The van der Waals surface area contributed by atoms with Crippen LogP contribution in [0, 0.1) is 0 Å². The van der Waals surface area contributed by atoms with Crippen molar-refractivity contribution in [1.82, 2.24) is 4.57 Å². The van der Waals surface area contributed by atoms with Crippen molar-refractivity contribution in [2.45, 2.75) is 0 Å². The lowest BCUT2D eigenvalue weighted by molar-refractivity contribution is 0.673. The van der Waals surface area contributed by atoms with Crippen molar-refractivity contribution in [1.29, 1.82) is 0 Å². The van der Waals surface area contributed by atoms with E-state index in [1.165, 1.54) is 27.3 Å². The molecule has 0 aliphatic rings. The Balaban J connectivity index is 1.58. The number of fused-ring (bicyclic) bond motifs is 7. The minimum absolute atomic E-state index is 0.925. The number of rotatable bonds is 2. The first-order chi connectivity index (χ1) is 15.9.